The van der Waals surface area contributed by atoms with Gasteiger partial charge >= 0.3 is 12.1 Å². The molecule has 3 aromatic rings. The monoisotopic (exact) mass is 335 g/mol. The lowest BCUT2D eigenvalue weighted by atomic mass is 10.2. The van der Waals surface area contributed by atoms with E-state index in [1.165, 1.54) is 30.5 Å². The van der Waals surface area contributed by atoms with E-state index >= 15 is 0 Å². The third kappa shape index (κ3) is 3.24. The van der Waals surface area contributed by atoms with E-state index in [0.717, 1.165) is 0 Å². The highest BCUT2D eigenvalue weighted by Crippen LogP contribution is 2.32. The molecule has 0 saturated carbocycles. The molecule has 0 fully saturated rings. The molecular weight excluding hydrogens is 327 g/mol. The number of carbonyl (C=O) groups is 1. The Kier molecular flexibility index (Phi) is 3.98. The Hall–Kier alpha value is -3.23. The largest absolute Gasteiger partial charge is 0.491 e. The molecule has 0 saturated heterocycles. The first-order valence-corrected chi connectivity index (χ1v) is 6.57. The summed E-state index contributed by atoms with van der Waals surface area (Å²) in [6.45, 7) is 0. The summed E-state index contributed by atoms with van der Waals surface area (Å²) in [5.74, 6) is -2.61. The van der Waals surface area contributed by atoms with Crippen molar-refractivity contribution in [3.8, 4) is 28.7 Å². The van der Waals surface area contributed by atoms with Crippen LogP contribution < -0.4 is 4.74 Å². The summed E-state index contributed by atoms with van der Waals surface area (Å²) in [4.78, 5) is 14.9. The average Bonchev–Trinajstić information content (AvgIpc) is 3.05. The lowest BCUT2D eigenvalue weighted by molar-refractivity contribution is -0.189. The van der Waals surface area contributed by atoms with Crippen LogP contribution in [0.3, 0.4) is 0 Å². The number of pyridine rings is 1. The van der Waals surface area contributed by atoms with Crippen molar-refractivity contribution in [1.29, 1.82) is 0 Å². The third-order valence-electron chi connectivity index (χ3n) is 2.89. The average molecular weight is 335 g/mol. The Morgan fingerprint density at radius 3 is 2.50 bits per heavy atom. The second-order valence-electron chi connectivity index (χ2n) is 4.54. The Bertz CT molecular complexity index is 863. The zero-order valence-corrected chi connectivity index (χ0v) is 11.8. The summed E-state index contributed by atoms with van der Waals surface area (Å²) in [5, 5.41) is 7.59. The molecule has 0 aliphatic rings. The number of ether oxygens (including phenoxy) is 1. The van der Waals surface area contributed by atoms with Gasteiger partial charge in [-0.1, -0.05) is 12.1 Å². The van der Waals surface area contributed by atoms with Crippen LogP contribution in [0.4, 0.5) is 13.2 Å². The maximum atomic E-state index is 12.4. The van der Waals surface area contributed by atoms with Crippen molar-refractivity contribution < 1.29 is 27.1 Å². The molecule has 0 bridgehead atoms. The molecule has 1 aromatic carbocycles. The van der Waals surface area contributed by atoms with Crippen LogP contribution in [0.15, 0.2) is 53.2 Å². The van der Waals surface area contributed by atoms with Crippen molar-refractivity contribution in [3.05, 3.63) is 48.8 Å². The first kappa shape index (κ1) is 15.7. The van der Waals surface area contributed by atoms with Gasteiger partial charge < -0.3 is 9.15 Å². The quantitative estimate of drug-likeness (QED) is 0.540. The fourth-order valence-electron chi connectivity index (χ4n) is 1.83. The van der Waals surface area contributed by atoms with Gasteiger partial charge in [0.25, 0.3) is 5.89 Å². The van der Waals surface area contributed by atoms with Crippen LogP contribution in [0.5, 0.6) is 5.75 Å². The molecular formula is C15H8F3N3O3. The summed E-state index contributed by atoms with van der Waals surface area (Å²) in [6, 6.07) is 8.90. The summed E-state index contributed by atoms with van der Waals surface area (Å²) < 4.78 is 46.9. The lowest BCUT2D eigenvalue weighted by Crippen LogP contribution is -2.28. The lowest BCUT2D eigenvalue weighted by Gasteiger charge is -2.09. The first-order valence-electron chi connectivity index (χ1n) is 6.57. The van der Waals surface area contributed by atoms with Gasteiger partial charge in [0.1, 0.15) is 5.75 Å². The van der Waals surface area contributed by atoms with Gasteiger partial charge in [-0.05, 0) is 24.3 Å². The summed E-state index contributed by atoms with van der Waals surface area (Å²) in [5.41, 5.74) is 0.610. The molecule has 2 heterocycles. The predicted molar refractivity (Wildman–Crippen MR) is 74.7 cm³/mol. The molecule has 0 radical (unpaired) electrons. The minimum absolute atomic E-state index is 0.0674. The summed E-state index contributed by atoms with van der Waals surface area (Å²) in [7, 11) is 0. The second-order valence-corrected chi connectivity index (χ2v) is 4.54. The number of nitrogens with zero attached hydrogens (tertiary/aromatic N) is 3. The third-order valence-corrected chi connectivity index (χ3v) is 2.89. The molecule has 0 atom stereocenters. The minimum atomic E-state index is -5.11. The van der Waals surface area contributed by atoms with Gasteiger partial charge in [-0.2, -0.15) is 13.2 Å². The van der Waals surface area contributed by atoms with E-state index in [4.69, 9.17) is 4.42 Å². The number of esters is 1. The summed E-state index contributed by atoms with van der Waals surface area (Å²) >= 11 is 0. The van der Waals surface area contributed by atoms with Crippen LogP contribution >= 0.6 is 0 Å². The number of hydrogen-bond acceptors (Lipinski definition) is 6. The van der Waals surface area contributed by atoms with E-state index in [2.05, 4.69) is 19.9 Å². The van der Waals surface area contributed by atoms with E-state index in [1.807, 2.05) is 0 Å². The highest BCUT2D eigenvalue weighted by atomic mass is 19.4. The molecule has 0 spiro atoms. The van der Waals surface area contributed by atoms with E-state index < -0.39 is 12.1 Å². The molecule has 0 amide bonds. The zero-order chi connectivity index (χ0) is 17.2. The molecule has 2 aromatic heterocycles. The Morgan fingerprint density at radius 2 is 1.79 bits per heavy atom. The molecule has 0 unspecified atom stereocenters. The van der Waals surface area contributed by atoms with E-state index in [9.17, 15) is 18.0 Å². The van der Waals surface area contributed by atoms with Crippen molar-refractivity contribution in [3.63, 3.8) is 0 Å². The predicted octanol–water partition coefficient (Wildman–Crippen LogP) is 3.27. The number of alkyl halides is 3. The van der Waals surface area contributed by atoms with Gasteiger partial charge in [0.05, 0.1) is 11.1 Å². The van der Waals surface area contributed by atoms with E-state index in [1.54, 1.807) is 18.3 Å². The minimum Gasteiger partial charge on any atom is -0.419 e. The Balaban J connectivity index is 1.94. The standard InChI is InChI=1S/C15H8F3N3O3/c16-15(17,18)14(22)23-11-6-2-1-5-10(11)13-21-20-12(24-13)9-4-3-7-19-8-9/h1-8H. The zero-order valence-electron chi connectivity index (χ0n) is 11.8. The molecule has 9 heteroatoms. The normalized spacial score (nSPS) is 11.3. The van der Waals surface area contributed by atoms with E-state index in [0.29, 0.717) is 5.56 Å². The fourth-order valence-corrected chi connectivity index (χ4v) is 1.83. The summed E-state index contributed by atoms with van der Waals surface area (Å²) in [6.07, 6.45) is -2.05. The van der Waals surface area contributed by atoms with Crippen molar-refractivity contribution in [2.75, 3.05) is 0 Å². The number of carbonyl (C=O) groups excluding carboxylic acids is 1. The maximum absolute atomic E-state index is 12.4. The van der Waals surface area contributed by atoms with Crippen LogP contribution in [0, 0.1) is 0 Å². The number of aromatic nitrogens is 3. The number of halogens is 3. The van der Waals surface area contributed by atoms with Gasteiger partial charge in [0.2, 0.25) is 5.89 Å². The first-order chi connectivity index (χ1) is 11.4. The SMILES string of the molecule is O=C(Oc1ccccc1-c1nnc(-c2cccnc2)o1)C(F)(F)F. The number of rotatable bonds is 3. The highest BCUT2D eigenvalue weighted by Gasteiger charge is 2.41. The Labute approximate surface area is 132 Å². The van der Waals surface area contributed by atoms with Crippen molar-refractivity contribution in [2.24, 2.45) is 0 Å². The molecule has 3 rings (SSSR count). The smallest absolute Gasteiger partial charge is 0.419 e. The molecule has 0 N–H and O–H groups in total. The van der Waals surface area contributed by atoms with Gasteiger partial charge in [0.15, 0.2) is 0 Å². The second kappa shape index (κ2) is 6.11. The Morgan fingerprint density at radius 1 is 1.04 bits per heavy atom. The maximum Gasteiger partial charge on any atom is 0.491 e. The molecule has 6 nitrogen and oxygen atoms in total. The van der Waals surface area contributed by atoms with Crippen LogP contribution in [0.2, 0.25) is 0 Å². The number of para-hydroxylation sites is 1. The topological polar surface area (TPSA) is 78.1 Å². The number of benzene rings is 1. The molecule has 0 aliphatic heterocycles. The van der Waals surface area contributed by atoms with Crippen LogP contribution in [-0.2, 0) is 4.79 Å². The van der Waals surface area contributed by atoms with Gasteiger partial charge in [0, 0.05) is 12.4 Å². The van der Waals surface area contributed by atoms with Crippen molar-refractivity contribution in [2.45, 2.75) is 6.18 Å². The molecule has 24 heavy (non-hydrogen) atoms. The highest BCUT2D eigenvalue weighted by molar-refractivity contribution is 5.80. The fraction of sp³-hybridized carbons (Fsp3) is 0.0667. The van der Waals surface area contributed by atoms with Gasteiger partial charge in [-0.3, -0.25) is 4.98 Å². The number of hydrogen-bond donors (Lipinski definition) is 0. The van der Waals surface area contributed by atoms with Crippen molar-refractivity contribution >= 4 is 5.97 Å². The molecule has 122 valence electrons. The van der Waals surface area contributed by atoms with Crippen LogP contribution in [0.25, 0.3) is 22.9 Å². The van der Waals surface area contributed by atoms with Crippen LogP contribution in [0.1, 0.15) is 0 Å². The van der Waals surface area contributed by atoms with Crippen LogP contribution in [-0.4, -0.2) is 27.3 Å². The van der Waals surface area contributed by atoms with Crippen molar-refractivity contribution in [1.82, 2.24) is 15.2 Å². The van der Waals surface area contributed by atoms with E-state index in [-0.39, 0.29) is 23.1 Å². The van der Waals surface area contributed by atoms with Gasteiger partial charge in [-0.25, -0.2) is 4.79 Å². The van der Waals surface area contributed by atoms with Gasteiger partial charge in [-0.15, -0.1) is 10.2 Å². The molecule has 0 aliphatic carbocycles.